The normalized spacial score (nSPS) is 11.9. The predicted octanol–water partition coefficient (Wildman–Crippen LogP) is 11.2. The summed E-state index contributed by atoms with van der Waals surface area (Å²) in [6.07, 6.45) is 0. The lowest BCUT2D eigenvalue weighted by Gasteiger charge is -2.09. The highest BCUT2D eigenvalue weighted by Gasteiger charge is 2.21. The first-order valence-corrected chi connectivity index (χ1v) is 14.7. The van der Waals surface area contributed by atoms with Crippen molar-refractivity contribution in [1.82, 2.24) is 4.57 Å². The zero-order valence-electron chi connectivity index (χ0n) is 22.0. The Labute approximate surface area is 240 Å². The van der Waals surface area contributed by atoms with E-state index >= 15 is 0 Å². The molecule has 6 aromatic carbocycles. The van der Waals surface area contributed by atoms with Gasteiger partial charge in [-0.1, -0.05) is 121 Å². The minimum atomic E-state index is 0.936. The topological polar surface area (TPSA) is 18.1 Å². The average molecular weight is 542 g/mol. The number of thiophene rings is 1. The summed E-state index contributed by atoms with van der Waals surface area (Å²) in [5, 5.41) is 4.84. The minimum absolute atomic E-state index is 0.936. The number of aromatic nitrogens is 1. The van der Waals surface area contributed by atoms with Crippen LogP contribution in [0.5, 0.6) is 0 Å². The van der Waals surface area contributed by atoms with E-state index in [0.29, 0.717) is 0 Å². The Kier molecular flexibility index (Phi) is 4.80. The third-order valence-corrected chi connectivity index (χ3v) is 9.48. The van der Waals surface area contributed by atoms with Gasteiger partial charge in [0.1, 0.15) is 11.2 Å². The average Bonchev–Trinajstić information content (AvgIpc) is 3.71. The van der Waals surface area contributed by atoms with Crippen molar-refractivity contribution < 1.29 is 4.42 Å². The van der Waals surface area contributed by atoms with Crippen LogP contribution >= 0.6 is 11.3 Å². The molecule has 0 saturated heterocycles. The Hall–Kier alpha value is -5.12. The molecule has 9 rings (SSSR count). The van der Waals surface area contributed by atoms with E-state index in [4.69, 9.17) is 4.42 Å². The smallest absolute Gasteiger partial charge is 0.143 e. The molecular formula is C38H23NOS. The van der Waals surface area contributed by atoms with E-state index in [0.717, 1.165) is 38.6 Å². The van der Waals surface area contributed by atoms with Crippen LogP contribution in [0.3, 0.4) is 0 Å². The predicted molar refractivity (Wildman–Crippen MR) is 174 cm³/mol. The first kappa shape index (κ1) is 22.7. The molecule has 0 unspecified atom stereocenters. The lowest BCUT2D eigenvalue weighted by Crippen LogP contribution is -1.92. The van der Waals surface area contributed by atoms with Gasteiger partial charge in [0.15, 0.2) is 0 Å². The maximum absolute atomic E-state index is 6.79. The van der Waals surface area contributed by atoms with Gasteiger partial charge in [-0.3, -0.25) is 0 Å². The highest BCUT2D eigenvalue weighted by Crippen LogP contribution is 2.47. The molecule has 0 N–H and O–H groups in total. The third-order valence-electron chi connectivity index (χ3n) is 8.22. The van der Waals surface area contributed by atoms with E-state index in [1.54, 1.807) is 0 Å². The van der Waals surface area contributed by atoms with Crippen LogP contribution in [0.4, 0.5) is 0 Å². The lowest BCUT2D eigenvalue weighted by molar-refractivity contribution is 0.671. The molecule has 0 radical (unpaired) electrons. The van der Waals surface area contributed by atoms with Crippen LogP contribution in [0, 0.1) is 0 Å². The largest absolute Gasteiger partial charge is 0.455 e. The maximum atomic E-state index is 6.79. The fraction of sp³-hybridized carbons (Fsp3) is 0. The van der Waals surface area contributed by atoms with Crippen LogP contribution < -0.4 is 0 Å². The fourth-order valence-corrected chi connectivity index (χ4v) is 7.77. The Bertz CT molecular complexity index is 2410. The van der Waals surface area contributed by atoms with Crippen molar-refractivity contribution in [1.29, 1.82) is 0 Å². The summed E-state index contributed by atoms with van der Waals surface area (Å²) in [6, 6.07) is 49.6. The van der Waals surface area contributed by atoms with Gasteiger partial charge in [-0.05, 0) is 23.8 Å². The van der Waals surface area contributed by atoms with E-state index in [1.165, 1.54) is 42.5 Å². The monoisotopic (exact) mass is 541 g/mol. The van der Waals surface area contributed by atoms with Crippen molar-refractivity contribution in [3.63, 3.8) is 0 Å². The Morgan fingerprint density at radius 1 is 0.439 bits per heavy atom. The molecule has 0 aliphatic carbocycles. The number of hydrogen-bond donors (Lipinski definition) is 0. The summed E-state index contributed by atoms with van der Waals surface area (Å²) in [5.41, 5.74) is 10.2. The summed E-state index contributed by atoms with van der Waals surface area (Å²) in [7, 11) is 0. The van der Waals surface area contributed by atoms with Crippen molar-refractivity contribution in [3.05, 3.63) is 140 Å². The summed E-state index contributed by atoms with van der Waals surface area (Å²) in [6.45, 7) is 0. The Balaban J connectivity index is 1.36. The summed E-state index contributed by atoms with van der Waals surface area (Å²) in [4.78, 5) is 0. The molecule has 0 spiro atoms. The number of fused-ring (bicyclic) bond motifs is 8. The van der Waals surface area contributed by atoms with Crippen LogP contribution in [-0.2, 0) is 0 Å². The number of nitrogens with zero attached hydrogens (tertiary/aromatic N) is 1. The standard InChI is InChI=1S/C38H23NOS/c1-3-12-24(13-4-1)26-17-9-18-27-28-19-10-20-29(36(28)40-35(26)27)30-21-11-22-32-34-38(41-37(30)32)31-16-7-8-23-33(31)39(34)25-14-5-2-6-15-25/h1-23H. The van der Waals surface area contributed by atoms with Crippen LogP contribution in [-0.4, -0.2) is 4.57 Å². The molecule has 192 valence electrons. The number of benzene rings is 6. The highest BCUT2D eigenvalue weighted by molar-refractivity contribution is 7.27. The minimum Gasteiger partial charge on any atom is -0.455 e. The second-order valence-corrected chi connectivity index (χ2v) is 11.5. The molecule has 0 fully saturated rings. The SMILES string of the molecule is c1ccc(-c2cccc3c2oc2c(-c4cccc5c4sc4c6ccccc6n(-c6ccccc6)c54)cccc23)cc1. The van der Waals surface area contributed by atoms with E-state index in [-0.39, 0.29) is 0 Å². The van der Waals surface area contributed by atoms with E-state index in [9.17, 15) is 0 Å². The molecular weight excluding hydrogens is 518 g/mol. The number of para-hydroxylation sites is 4. The van der Waals surface area contributed by atoms with Gasteiger partial charge in [-0.25, -0.2) is 0 Å². The molecule has 0 amide bonds. The van der Waals surface area contributed by atoms with Crippen LogP contribution in [0.1, 0.15) is 0 Å². The van der Waals surface area contributed by atoms with Crippen molar-refractivity contribution in [2.45, 2.75) is 0 Å². The molecule has 9 aromatic rings. The van der Waals surface area contributed by atoms with E-state index in [1.807, 2.05) is 11.3 Å². The molecule has 0 saturated carbocycles. The van der Waals surface area contributed by atoms with Crippen LogP contribution in [0.25, 0.3) is 81.1 Å². The lowest BCUT2D eigenvalue weighted by atomic mass is 9.99. The molecule has 0 aliphatic heterocycles. The number of hydrogen-bond acceptors (Lipinski definition) is 2. The highest BCUT2D eigenvalue weighted by atomic mass is 32.1. The summed E-state index contributed by atoms with van der Waals surface area (Å²) >= 11 is 1.88. The first-order valence-electron chi connectivity index (χ1n) is 13.9. The Morgan fingerprint density at radius 2 is 1.02 bits per heavy atom. The number of rotatable bonds is 3. The molecule has 3 aromatic heterocycles. The van der Waals surface area contributed by atoms with Gasteiger partial charge in [0.05, 0.1) is 15.7 Å². The van der Waals surface area contributed by atoms with Gasteiger partial charge in [0.25, 0.3) is 0 Å². The van der Waals surface area contributed by atoms with Gasteiger partial charge in [0, 0.05) is 48.6 Å². The van der Waals surface area contributed by atoms with Gasteiger partial charge >= 0.3 is 0 Å². The van der Waals surface area contributed by atoms with Crippen LogP contribution in [0.15, 0.2) is 144 Å². The van der Waals surface area contributed by atoms with Gasteiger partial charge in [0.2, 0.25) is 0 Å². The van der Waals surface area contributed by atoms with Gasteiger partial charge in [-0.15, -0.1) is 11.3 Å². The second kappa shape index (κ2) is 8.69. The zero-order chi connectivity index (χ0) is 26.9. The zero-order valence-corrected chi connectivity index (χ0v) is 22.9. The van der Waals surface area contributed by atoms with Crippen molar-refractivity contribution in [2.24, 2.45) is 0 Å². The Morgan fingerprint density at radius 3 is 1.80 bits per heavy atom. The number of furan rings is 1. The van der Waals surface area contributed by atoms with Crippen LogP contribution in [0.2, 0.25) is 0 Å². The first-order chi connectivity index (χ1) is 20.4. The molecule has 3 heteroatoms. The maximum Gasteiger partial charge on any atom is 0.143 e. The molecule has 0 atom stereocenters. The van der Waals surface area contributed by atoms with Gasteiger partial charge in [-0.2, -0.15) is 0 Å². The second-order valence-electron chi connectivity index (χ2n) is 10.5. The fourth-order valence-electron chi connectivity index (χ4n) is 6.43. The van der Waals surface area contributed by atoms with Crippen molar-refractivity contribution >= 4 is 64.5 Å². The molecule has 41 heavy (non-hydrogen) atoms. The summed E-state index contributed by atoms with van der Waals surface area (Å²) < 4.78 is 11.8. The molecule has 2 nitrogen and oxygen atoms in total. The van der Waals surface area contributed by atoms with E-state index < -0.39 is 0 Å². The third kappa shape index (κ3) is 3.24. The van der Waals surface area contributed by atoms with Crippen molar-refractivity contribution in [3.8, 4) is 27.9 Å². The molecule has 0 aliphatic rings. The molecule has 3 heterocycles. The molecule has 0 bridgehead atoms. The van der Waals surface area contributed by atoms with E-state index in [2.05, 4.69) is 144 Å². The summed E-state index contributed by atoms with van der Waals surface area (Å²) in [5.74, 6) is 0. The quantitative estimate of drug-likeness (QED) is 0.217. The van der Waals surface area contributed by atoms with Crippen molar-refractivity contribution in [2.75, 3.05) is 0 Å². The van der Waals surface area contributed by atoms with Gasteiger partial charge < -0.3 is 8.98 Å².